The summed E-state index contributed by atoms with van der Waals surface area (Å²) in [5.74, 6) is -1.42. The van der Waals surface area contributed by atoms with Gasteiger partial charge in [-0.2, -0.15) is 0 Å². The molecule has 5 nitrogen and oxygen atoms in total. The van der Waals surface area contributed by atoms with Gasteiger partial charge in [0, 0.05) is 0 Å². The van der Waals surface area contributed by atoms with Crippen LogP contribution in [0.25, 0.3) is 0 Å². The second-order valence-electron chi connectivity index (χ2n) is 4.23. The highest BCUT2D eigenvalue weighted by molar-refractivity contribution is 5.89. The van der Waals surface area contributed by atoms with Crippen LogP contribution in [0.15, 0.2) is 0 Å². The third kappa shape index (κ3) is 4.18. The van der Waals surface area contributed by atoms with Gasteiger partial charge in [0.2, 0.25) is 5.91 Å². The van der Waals surface area contributed by atoms with Gasteiger partial charge >= 0.3 is 5.97 Å². The first kappa shape index (κ1) is 14.9. The van der Waals surface area contributed by atoms with Crippen LogP contribution in [0.4, 0.5) is 0 Å². The van der Waals surface area contributed by atoms with Gasteiger partial charge < -0.3 is 16.2 Å². The Morgan fingerprint density at radius 3 is 2.38 bits per heavy atom. The topological polar surface area (TPSA) is 92.4 Å². The van der Waals surface area contributed by atoms with Crippen molar-refractivity contribution in [2.75, 3.05) is 0 Å². The minimum Gasteiger partial charge on any atom is -0.480 e. The molecule has 16 heavy (non-hydrogen) atoms. The highest BCUT2D eigenvalue weighted by atomic mass is 16.4. The first-order valence-corrected chi connectivity index (χ1v) is 5.68. The Bertz CT molecular complexity index is 256. The number of nitrogens with two attached hydrogens (primary N) is 1. The second-order valence-corrected chi connectivity index (χ2v) is 4.23. The lowest BCUT2D eigenvalue weighted by atomic mass is 9.98. The SMILES string of the molecule is CCCCC(N)C(=O)NC(C)(CC)C(=O)O. The Balaban J connectivity index is 4.36. The van der Waals surface area contributed by atoms with Crippen molar-refractivity contribution in [1.82, 2.24) is 5.32 Å². The molecule has 0 saturated carbocycles. The third-order valence-corrected chi connectivity index (χ3v) is 2.78. The average molecular weight is 230 g/mol. The number of carbonyl (C=O) groups excluding carboxylic acids is 1. The van der Waals surface area contributed by atoms with Crippen LogP contribution in [-0.4, -0.2) is 28.6 Å². The smallest absolute Gasteiger partial charge is 0.329 e. The number of nitrogens with one attached hydrogen (secondary N) is 1. The zero-order valence-electron chi connectivity index (χ0n) is 10.2. The van der Waals surface area contributed by atoms with Crippen molar-refractivity contribution >= 4 is 11.9 Å². The molecule has 5 heteroatoms. The Morgan fingerprint density at radius 1 is 1.44 bits per heavy atom. The zero-order chi connectivity index (χ0) is 12.8. The fraction of sp³-hybridized carbons (Fsp3) is 0.818. The molecule has 0 radical (unpaired) electrons. The molecule has 0 aromatic rings. The molecular formula is C11H22N2O3. The summed E-state index contributed by atoms with van der Waals surface area (Å²) in [6, 6.07) is -0.620. The van der Waals surface area contributed by atoms with E-state index in [1.54, 1.807) is 6.92 Å². The van der Waals surface area contributed by atoms with Gasteiger partial charge in [0.05, 0.1) is 6.04 Å². The van der Waals surface area contributed by atoms with Crippen molar-refractivity contribution in [1.29, 1.82) is 0 Å². The Morgan fingerprint density at radius 2 is 2.00 bits per heavy atom. The fourth-order valence-corrected chi connectivity index (χ4v) is 1.21. The van der Waals surface area contributed by atoms with Crippen LogP contribution in [0.5, 0.6) is 0 Å². The molecule has 0 aliphatic carbocycles. The molecule has 0 aliphatic heterocycles. The number of rotatable bonds is 7. The lowest BCUT2D eigenvalue weighted by Crippen LogP contribution is -2.56. The molecule has 0 aliphatic rings. The Hall–Kier alpha value is -1.10. The molecule has 0 rings (SSSR count). The summed E-state index contributed by atoms with van der Waals surface area (Å²) in [6.07, 6.45) is 2.74. The predicted molar refractivity (Wildman–Crippen MR) is 62.0 cm³/mol. The number of carboxylic acids is 1. The van der Waals surface area contributed by atoms with Crippen LogP contribution in [0, 0.1) is 0 Å². The van der Waals surface area contributed by atoms with Crippen LogP contribution < -0.4 is 11.1 Å². The van der Waals surface area contributed by atoms with Gasteiger partial charge in [0.25, 0.3) is 0 Å². The van der Waals surface area contributed by atoms with Crippen molar-refractivity contribution in [3.8, 4) is 0 Å². The number of amides is 1. The number of carbonyl (C=O) groups is 2. The van der Waals surface area contributed by atoms with Gasteiger partial charge in [0.15, 0.2) is 0 Å². The summed E-state index contributed by atoms with van der Waals surface area (Å²) in [4.78, 5) is 22.6. The molecule has 0 bridgehead atoms. The first-order valence-electron chi connectivity index (χ1n) is 5.68. The minimum absolute atomic E-state index is 0.328. The largest absolute Gasteiger partial charge is 0.480 e. The fourth-order valence-electron chi connectivity index (χ4n) is 1.21. The van der Waals surface area contributed by atoms with Crippen LogP contribution in [0.3, 0.4) is 0 Å². The molecule has 1 amide bonds. The minimum atomic E-state index is -1.22. The molecule has 0 saturated heterocycles. The van der Waals surface area contributed by atoms with Crippen molar-refractivity contribution in [3.63, 3.8) is 0 Å². The maximum absolute atomic E-state index is 11.6. The normalized spacial score (nSPS) is 16.2. The monoisotopic (exact) mass is 230 g/mol. The maximum atomic E-state index is 11.6. The molecular weight excluding hydrogens is 208 g/mol. The standard InChI is InChI=1S/C11H22N2O3/c1-4-6-7-8(12)9(14)13-11(3,5-2)10(15)16/h8H,4-7,12H2,1-3H3,(H,13,14)(H,15,16). The zero-order valence-corrected chi connectivity index (χ0v) is 10.2. The van der Waals surface area contributed by atoms with Crippen LogP contribution in [-0.2, 0) is 9.59 Å². The first-order chi connectivity index (χ1) is 7.37. The molecule has 0 aromatic heterocycles. The molecule has 0 heterocycles. The molecule has 2 atom stereocenters. The van der Waals surface area contributed by atoms with Crippen molar-refractivity contribution in [2.45, 2.75) is 58.0 Å². The van der Waals surface area contributed by atoms with E-state index in [9.17, 15) is 9.59 Å². The number of hydrogen-bond donors (Lipinski definition) is 3. The van der Waals surface area contributed by atoms with E-state index in [1.807, 2.05) is 6.92 Å². The molecule has 94 valence electrons. The van der Waals surface area contributed by atoms with E-state index in [1.165, 1.54) is 6.92 Å². The molecule has 0 spiro atoms. The highest BCUT2D eigenvalue weighted by Gasteiger charge is 2.33. The van der Waals surface area contributed by atoms with Gasteiger partial charge in [-0.3, -0.25) is 4.79 Å². The van der Waals surface area contributed by atoms with E-state index in [0.717, 1.165) is 12.8 Å². The quantitative estimate of drug-likeness (QED) is 0.605. The molecule has 4 N–H and O–H groups in total. The van der Waals surface area contributed by atoms with Gasteiger partial charge in [-0.25, -0.2) is 4.79 Å². The average Bonchev–Trinajstić information content (AvgIpc) is 2.25. The molecule has 0 fully saturated rings. The summed E-state index contributed by atoms with van der Waals surface area (Å²) >= 11 is 0. The Kier molecular flexibility index (Phi) is 6.03. The van der Waals surface area contributed by atoms with Gasteiger partial charge in [-0.1, -0.05) is 26.7 Å². The number of unbranched alkanes of at least 4 members (excludes halogenated alkanes) is 1. The van der Waals surface area contributed by atoms with Gasteiger partial charge in [-0.15, -0.1) is 0 Å². The van der Waals surface area contributed by atoms with E-state index in [-0.39, 0.29) is 5.91 Å². The number of hydrogen-bond acceptors (Lipinski definition) is 3. The summed E-state index contributed by atoms with van der Waals surface area (Å²) < 4.78 is 0. The summed E-state index contributed by atoms with van der Waals surface area (Å²) in [5, 5.41) is 11.5. The van der Waals surface area contributed by atoms with Crippen molar-refractivity contribution in [2.24, 2.45) is 5.73 Å². The van der Waals surface area contributed by atoms with E-state index in [2.05, 4.69) is 5.32 Å². The summed E-state index contributed by atoms with van der Waals surface area (Å²) in [7, 11) is 0. The van der Waals surface area contributed by atoms with E-state index < -0.39 is 17.6 Å². The summed E-state index contributed by atoms with van der Waals surface area (Å²) in [5.41, 5.74) is 4.44. The maximum Gasteiger partial charge on any atom is 0.329 e. The van der Waals surface area contributed by atoms with E-state index in [0.29, 0.717) is 12.8 Å². The van der Waals surface area contributed by atoms with E-state index >= 15 is 0 Å². The van der Waals surface area contributed by atoms with E-state index in [4.69, 9.17) is 10.8 Å². The second kappa shape index (κ2) is 6.48. The van der Waals surface area contributed by atoms with Crippen molar-refractivity contribution < 1.29 is 14.7 Å². The summed E-state index contributed by atoms with van der Waals surface area (Å²) in [6.45, 7) is 5.21. The Labute approximate surface area is 96.4 Å². The predicted octanol–water partition coefficient (Wildman–Crippen LogP) is 0.873. The van der Waals surface area contributed by atoms with Gasteiger partial charge in [0.1, 0.15) is 5.54 Å². The third-order valence-electron chi connectivity index (χ3n) is 2.78. The highest BCUT2D eigenvalue weighted by Crippen LogP contribution is 2.10. The number of carboxylic acid groups (broad SMARTS) is 1. The van der Waals surface area contributed by atoms with Gasteiger partial charge in [-0.05, 0) is 19.8 Å². The lowest BCUT2D eigenvalue weighted by Gasteiger charge is -2.26. The van der Waals surface area contributed by atoms with Crippen molar-refractivity contribution in [3.05, 3.63) is 0 Å². The van der Waals surface area contributed by atoms with Crippen LogP contribution in [0.2, 0.25) is 0 Å². The van der Waals surface area contributed by atoms with Crippen LogP contribution >= 0.6 is 0 Å². The molecule has 0 aromatic carbocycles. The lowest BCUT2D eigenvalue weighted by molar-refractivity contribution is -0.147. The molecule has 2 unspecified atom stereocenters. The number of aliphatic carboxylic acids is 1. The van der Waals surface area contributed by atoms with Crippen LogP contribution in [0.1, 0.15) is 46.5 Å².